The first-order valence-electron chi connectivity index (χ1n) is 10.4. The standard InChI is InChI=1S/C23H18BrN3O7S/c1-10-25-26-23(35-10)27-18(12-7-13(24)20(29)16(9-12)32-2)17(21(30)22(27)31)19(28)11-3-4-14-15(8-11)34-6-5-33-14/h3-4,7-9,18,28-29H,5-6H2,1-2H3/t18-/m0/s1. The smallest absolute Gasteiger partial charge is 0.301 e. The summed E-state index contributed by atoms with van der Waals surface area (Å²) in [5.74, 6) is -1.25. The van der Waals surface area contributed by atoms with Crippen molar-refractivity contribution in [1.82, 2.24) is 10.2 Å². The van der Waals surface area contributed by atoms with Gasteiger partial charge in [0.1, 0.15) is 24.0 Å². The second kappa shape index (κ2) is 8.86. The number of phenolic OH excluding ortho intramolecular Hbond substituents is 1. The third kappa shape index (κ3) is 3.88. The number of halogens is 1. The second-order valence-electron chi connectivity index (χ2n) is 7.68. The quantitative estimate of drug-likeness (QED) is 0.279. The third-order valence-electron chi connectivity index (χ3n) is 5.57. The number of aromatic hydroxyl groups is 1. The number of anilines is 1. The van der Waals surface area contributed by atoms with Crippen molar-refractivity contribution in [2.75, 3.05) is 25.2 Å². The molecule has 3 heterocycles. The number of Topliss-reactive ketones (excluding diaryl/α,β-unsaturated/α-hetero) is 1. The van der Waals surface area contributed by atoms with Crippen molar-refractivity contribution in [1.29, 1.82) is 0 Å². The van der Waals surface area contributed by atoms with Crippen molar-refractivity contribution in [2.45, 2.75) is 13.0 Å². The highest BCUT2D eigenvalue weighted by molar-refractivity contribution is 9.10. The molecule has 2 N–H and O–H groups in total. The highest BCUT2D eigenvalue weighted by Crippen LogP contribution is 2.47. The van der Waals surface area contributed by atoms with Gasteiger partial charge < -0.3 is 24.4 Å². The number of carbonyl (C=O) groups is 2. The van der Waals surface area contributed by atoms with Gasteiger partial charge in [-0.15, -0.1) is 10.2 Å². The van der Waals surface area contributed by atoms with Crippen molar-refractivity contribution in [3.05, 3.63) is 56.5 Å². The predicted octanol–water partition coefficient (Wildman–Crippen LogP) is 3.72. The van der Waals surface area contributed by atoms with Crippen molar-refractivity contribution in [3.8, 4) is 23.0 Å². The number of carbonyl (C=O) groups excluding carboxylic acids is 2. The van der Waals surface area contributed by atoms with Crippen LogP contribution in [0.5, 0.6) is 23.0 Å². The Labute approximate surface area is 211 Å². The molecular weight excluding hydrogens is 542 g/mol. The fourth-order valence-electron chi connectivity index (χ4n) is 3.98. The van der Waals surface area contributed by atoms with Gasteiger partial charge in [-0.05, 0) is 58.7 Å². The van der Waals surface area contributed by atoms with Gasteiger partial charge in [0, 0.05) is 5.56 Å². The molecule has 0 saturated carbocycles. The number of ketones is 1. The summed E-state index contributed by atoms with van der Waals surface area (Å²) in [6, 6.07) is 6.73. The maximum absolute atomic E-state index is 13.3. The average molecular weight is 560 g/mol. The highest BCUT2D eigenvalue weighted by Gasteiger charge is 2.48. The summed E-state index contributed by atoms with van der Waals surface area (Å²) < 4.78 is 16.7. The molecule has 1 atom stereocenters. The Hall–Kier alpha value is -3.64. The Morgan fingerprint density at radius 2 is 1.91 bits per heavy atom. The lowest BCUT2D eigenvalue weighted by molar-refractivity contribution is -0.132. The molecule has 0 radical (unpaired) electrons. The topological polar surface area (TPSA) is 131 Å². The molecule has 0 aliphatic carbocycles. The van der Waals surface area contributed by atoms with E-state index in [1.165, 1.54) is 18.1 Å². The molecule has 0 unspecified atom stereocenters. The van der Waals surface area contributed by atoms with Gasteiger partial charge in [-0.25, -0.2) is 0 Å². The van der Waals surface area contributed by atoms with E-state index in [1.807, 2.05) is 0 Å². The van der Waals surface area contributed by atoms with Gasteiger partial charge in [0.15, 0.2) is 23.0 Å². The molecule has 1 saturated heterocycles. The zero-order valence-electron chi connectivity index (χ0n) is 18.4. The van der Waals surface area contributed by atoms with E-state index in [0.29, 0.717) is 35.3 Å². The number of hydrogen-bond acceptors (Lipinski definition) is 10. The van der Waals surface area contributed by atoms with Crippen LogP contribution >= 0.6 is 27.3 Å². The lowest BCUT2D eigenvalue weighted by Gasteiger charge is -2.24. The van der Waals surface area contributed by atoms with E-state index in [2.05, 4.69) is 26.1 Å². The first-order valence-corrected chi connectivity index (χ1v) is 12.0. The molecule has 180 valence electrons. The number of aryl methyl sites for hydroxylation is 1. The number of phenols is 1. The number of aliphatic hydroxyl groups excluding tert-OH is 1. The van der Waals surface area contributed by atoms with Crippen molar-refractivity contribution in [3.63, 3.8) is 0 Å². The van der Waals surface area contributed by atoms with Crippen molar-refractivity contribution >= 4 is 49.8 Å². The van der Waals surface area contributed by atoms with E-state index >= 15 is 0 Å². The van der Waals surface area contributed by atoms with E-state index in [9.17, 15) is 19.8 Å². The van der Waals surface area contributed by atoms with E-state index in [-0.39, 0.29) is 32.2 Å². The Morgan fingerprint density at radius 1 is 1.17 bits per heavy atom. The molecule has 2 aliphatic rings. The van der Waals surface area contributed by atoms with Crippen LogP contribution in [0.3, 0.4) is 0 Å². The molecule has 2 aliphatic heterocycles. The molecule has 2 aromatic carbocycles. The van der Waals surface area contributed by atoms with Crippen LogP contribution in [0, 0.1) is 6.92 Å². The van der Waals surface area contributed by atoms with Crippen LogP contribution in [-0.4, -0.2) is 52.4 Å². The Morgan fingerprint density at radius 3 is 2.60 bits per heavy atom. The molecule has 5 rings (SSSR count). The fourth-order valence-corrected chi connectivity index (χ4v) is 5.16. The lowest BCUT2D eigenvalue weighted by Crippen LogP contribution is -2.29. The first-order chi connectivity index (χ1) is 16.8. The maximum atomic E-state index is 13.3. The molecule has 1 amide bonds. The summed E-state index contributed by atoms with van der Waals surface area (Å²) in [5.41, 5.74) is 0.521. The van der Waals surface area contributed by atoms with Gasteiger partial charge in [0.05, 0.1) is 23.2 Å². The van der Waals surface area contributed by atoms with Gasteiger partial charge in [-0.2, -0.15) is 0 Å². The lowest BCUT2D eigenvalue weighted by atomic mass is 9.95. The SMILES string of the molecule is COc1cc([C@H]2C(=C(O)c3ccc4c(c3)OCCO4)C(=O)C(=O)N2c2nnc(C)s2)cc(Br)c1O. The highest BCUT2D eigenvalue weighted by atomic mass is 79.9. The zero-order valence-corrected chi connectivity index (χ0v) is 20.8. The number of nitrogens with zero attached hydrogens (tertiary/aromatic N) is 3. The number of amides is 1. The van der Waals surface area contributed by atoms with E-state index < -0.39 is 23.5 Å². The summed E-state index contributed by atoms with van der Waals surface area (Å²) >= 11 is 4.42. The van der Waals surface area contributed by atoms with E-state index in [1.54, 1.807) is 31.2 Å². The monoisotopic (exact) mass is 559 g/mol. The summed E-state index contributed by atoms with van der Waals surface area (Å²) in [7, 11) is 1.38. The molecule has 0 spiro atoms. The van der Waals surface area contributed by atoms with Crippen LogP contribution in [-0.2, 0) is 9.59 Å². The van der Waals surface area contributed by atoms with E-state index in [0.717, 1.165) is 11.3 Å². The maximum Gasteiger partial charge on any atom is 0.301 e. The molecule has 10 nitrogen and oxygen atoms in total. The summed E-state index contributed by atoms with van der Waals surface area (Å²) in [5, 5.41) is 30.4. The largest absolute Gasteiger partial charge is 0.507 e. The van der Waals surface area contributed by atoms with Crippen LogP contribution in [0.4, 0.5) is 5.13 Å². The number of fused-ring (bicyclic) bond motifs is 1. The van der Waals surface area contributed by atoms with Crippen LogP contribution < -0.4 is 19.1 Å². The zero-order chi connectivity index (χ0) is 24.9. The molecule has 35 heavy (non-hydrogen) atoms. The van der Waals surface area contributed by atoms with Crippen LogP contribution in [0.25, 0.3) is 5.76 Å². The Bertz CT molecular complexity index is 1400. The Kier molecular flexibility index (Phi) is 5.85. The van der Waals surface area contributed by atoms with Gasteiger partial charge in [-0.1, -0.05) is 11.3 Å². The van der Waals surface area contributed by atoms with Gasteiger partial charge in [0.2, 0.25) is 5.13 Å². The van der Waals surface area contributed by atoms with E-state index in [4.69, 9.17) is 14.2 Å². The van der Waals surface area contributed by atoms with Crippen LogP contribution in [0.15, 0.2) is 40.4 Å². The Balaban J connectivity index is 1.73. The van der Waals surface area contributed by atoms with Crippen LogP contribution in [0.2, 0.25) is 0 Å². The number of aromatic nitrogens is 2. The number of methoxy groups -OCH3 is 1. The number of rotatable bonds is 4. The van der Waals surface area contributed by atoms with Crippen molar-refractivity contribution < 1.29 is 34.0 Å². The second-order valence-corrected chi connectivity index (χ2v) is 9.70. The number of benzene rings is 2. The summed E-state index contributed by atoms with van der Waals surface area (Å²) in [6.07, 6.45) is 0. The third-order valence-corrected chi connectivity index (χ3v) is 7.01. The number of ether oxygens (including phenoxy) is 3. The minimum atomic E-state index is -1.07. The first kappa shape index (κ1) is 23.1. The fraction of sp³-hybridized carbons (Fsp3) is 0.217. The summed E-state index contributed by atoms with van der Waals surface area (Å²) in [6.45, 7) is 2.48. The molecule has 1 fully saturated rings. The summed E-state index contributed by atoms with van der Waals surface area (Å²) in [4.78, 5) is 27.7. The van der Waals surface area contributed by atoms with Gasteiger partial charge in [0.25, 0.3) is 5.78 Å². The minimum Gasteiger partial charge on any atom is -0.507 e. The molecular formula is C23H18BrN3O7S. The number of hydrogen-bond donors (Lipinski definition) is 2. The van der Waals surface area contributed by atoms with Crippen LogP contribution in [0.1, 0.15) is 22.2 Å². The minimum absolute atomic E-state index is 0.118. The van der Waals surface area contributed by atoms with Crippen molar-refractivity contribution in [2.24, 2.45) is 0 Å². The average Bonchev–Trinajstić information content (AvgIpc) is 3.40. The van der Waals surface area contributed by atoms with Gasteiger partial charge >= 0.3 is 5.91 Å². The molecule has 1 aromatic heterocycles. The predicted molar refractivity (Wildman–Crippen MR) is 129 cm³/mol. The number of aliphatic hydroxyl groups is 1. The molecule has 3 aromatic rings. The molecule has 12 heteroatoms. The normalized spacial score (nSPS) is 18.7. The van der Waals surface area contributed by atoms with Gasteiger partial charge in [-0.3, -0.25) is 14.5 Å². The molecule has 0 bridgehead atoms.